The van der Waals surface area contributed by atoms with E-state index >= 15 is 0 Å². The summed E-state index contributed by atoms with van der Waals surface area (Å²) in [6.07, 6.45) is 1.56. The second kappa shape index (κ2) is 6.47. The number of para-hydroxylation sites is 1. The van der Waals surface area contributed by atoms with E-state index in [9.17, 15) is 9.59 Å². The number of hydrogen-bond acceptors (Lipinski definition) is 5. The molecule has 0 unspecified atom stereocenters. The van der Waals surface area contributed by atoms with Crippen molar-refractivity contribution in [3.05, 3.63) is 47.0 Å². The summed E-state index contributed by atoms with van der Waals surface area (Å²) in [5.74, 6) is -1.23. The highest BCUT2D eigenvalue weighted by Gasteiger charge is 2.32. The van der Waals surface area contributed by atoms with Crippen molar-refractivity contribution in [3.8, 4) is 0 Å². The third-order valence-corrected chi connectivity index (χ3v) is 4.70. The van der Waals surface area contributed by atoms with Crippen molar-refractivity contribution in [3.63, 3.8) is 0 Å². The maximum absolute atomic E-state index is 12.3. The maximum atomic E-state index is 12.3. The van der Waals surface area contributed by atoms with Gasteiger partial charge in [-0.2, -0.15) is 0 Å². The summed E-state index contributed by atoms with van der Waals surface area (Å²) < 4.78 is 0.378. The molecule has 7 heteroatoms. The molecular weight excluding hydrogens is 332 g/mol. The molecule has 116 valence electrons. The van der Waals surface area contributed by atoms with Crippen molar-refractivity contribution in [2.24, 2.45) is 0 Å². The van der Waals surface area contributed by atoms with E-state index in [1.165, 1.54) is 16.7 Å². The van der Waals surface area contributed by atoms with Crippen LogP contribution in [-0.2, 0) is 9.59 Å². The number of benzene rings is 1. The fourth-order valence-corrected chi connectivity index (χ4v) is 3.49. The van der Waals surface area contributed by atoms with E-state index in [1.807, 2.05) is 36.4 Å². The summed E-state index contributed by atoms with van der Waals surface area (Å²) in [5, 5.41) is 9.76. The Labute approximate surface area is 142 Å². The van der Waals surface area contributed by atoms with Crippen molar-refractivity contribution < 1.29 is 14.7 Å². The molecule has 2 heterocycles. The Morgan fingerprint density at radius 3 is 2.87 bits per heavy atom. The van der Waals surface area contributed by atoms with E-state index in [0.717, 1.165) is 10.9 Å². The second-order valence-electron chi connectivity index (χ2n) is 4.91. The van der Waals surface area contributed by atoms with Crippen LogP contribution in [0.3, 0.4) is 0 Å². The number of hydrogen-bond donors (Lipinski definition) is 1. The minimum absolute atomic E-state index is 0.0858. The molecule has 5 nitrogen and oxygen atoms in total. The van der Waals surface area contributed by atoms with Crippen LogP contribution in [0.15, 0.2) is 41.3 Å². The first-order valence-electron chi connectivity index (χ1n) is 6.87. The standard InChI is InChI=1S/C16H12N2O3S2/c19-14(20)7-8-18-15(21)13(23-16(18)22)9-11-6-5-10-3-1-2-4-12(10)17-11/h1-6,9H,7-8H2,(H,19,20)/b13-9-. The highest BCUT2D eigenvalue weighted by molar-refractivity contribution is 8.26. The van der Waals surface area contributed by atoms with Gasteiger partial charge >= 0.3 is 5.97 Å². The zero-order valence-corrected chi connectivity index (χ0v) is 13.6. The monoisotopic (exact) mass is 344 g/mol. The molecule has 1 aromatic heterocycles. The lowest BCUT2D eigenvalue weighted by atomic mass is 10.2. The van der Waals surface area contributed by atoms with Crippen molar-refractivity contribution in [1.82, 2.24) is 9.88 Å². The van der Waals surface area contributed by atoms with Crippen molar-refractivity contribution in [2.75, 3.05) is 6.54 Å². The number of rotatable bonds is 4. The highest BCUT2D eigenvalue weighted by atomic mass is 32.2. The van der Waals surface area contributed by atoms with Gasteiger partial charge < -0.3 is 5.11 Å². The molecule has 0 aliphatic carbocycles. The Bertz CT molecular complexity index is 848. The van der Waals surface area contributed by atoms with Gasteiger partial charge in [-0.15, -0.1) is 0 Å². The molecule has 0 radical (unpaired) electrons. The molecule has 2 aromatic rings. The lowest BCUT2D eigenvalue weighted by Crippen LogP contribution is -2.30. The lowest BCUT2D eigenvalue weighted by Gasteiger charge is -2.12. The quantitative estimate of drug-likeness (QED) is 0.679. The van der Waals surface area contributed by atoms with Gasteiger partial charge in [-0.25, -0.2) is 4.98 Å². The van der Waals surface area contributed by atoms with Gasteiger partial charge in [0.15, 0.2) is 0 Å². The van der Waals surface area contributed by atoms with Gasteiger partial charge in [-0.1, -0.05) is 48.2 Å². The molecule has 1 amide bonds. The molecule has 1 aliphatic rings. The number of nitrogens with zero attached hydrogens (tertiary/aromatic N) is 2. The SMILES string of the molecule is O=C(O)CCN1C(=O)/C(=C/c2ccc3ccccc3n2)SC1=S. The number of amides is 1. The zero-order chi connectivity index (χ0) is 16.4. The summed E-state index contributed by atoms with van der Waals surface area (Å²) >= 11 is 6.32. The van der Waals surface area contributed by atoms with Crippen LogP contribution >= 0.6 is 24.0 Å². The van der Waals surface area contributed by atoms with Crippen LogP contribution in [0.25, 0.3) is 17.0 Å². The van der Waals surface area contributed by atoms with E-state index in [1.54, 1.807) is 6.08 Å². The van der Waals surface area contributed by atoms with Crippen LogP contribution in [0, 0.1) is 0 Å². The Balaban J connectivity index is 1.85. The van der Waals surface area contributed by atoms with Gasteiger partial charge in [-0.05, 0) is 18.2 Å². The zero-order valence-electron chi connectivity index (χ0n) is 11.9. The van der Waals surface area contributed by atoms with Gasteiger partial charge in [0, 0.05) is 11.9 Å². The molecule has 3 rings (SSSR count). The molecule has 0 atom stereocenters. The Morgan fingerprint density at radius 1 is 1.30 bits per heavy atom. The predicted molar refractivity (Wildman–Crippen MR) is 93.9 cm³/mol. The van der Waals surface area contributed by atoms with E-state index in [-0.39, 0.29) is 18.9 Å². The first-order valence-corrected chi connectivity index (χ1v) is 8.10. The molecule has 1 aliphatic heterocycles. The average molecular weight is 344 g/mol. The summed E-state index contributed by atoms with van der Waals surface area (Å²) in [5.41, 5.74) is 1.52. The molecule has 23 heavy (non-hydrogen) atoms. The van der Waals surface area contributed by atoms with Crippen LogP contribution in [0.4, 0.5) is 0 Å². The largest absolute Gasteiger partial charge is 0.481 e. The first kappa shape index (κ1) is 15.6. The Kier molecular flexibility index (Phi) is 4.40. The van der Waals surface area contributed by atoms with Crippen molar-refractivity contribution >= 4 is 57.2 Å². The van der Waals surface area contributed by atoms with Gasteiger partial charge in [0.1, 0.15) is 4.32 Å². The molecule has 1 saturated heterocycles. The summed E-state index contributed by atoms with van der Waals surface area (Å²) in [6, 6.07) is 11.5. The van der Waals surface area contributed by atoms with Crippen molar-refractivity contribution in [2.45, 2.75) is 6.42 Å². The lowest BCUT2D eigenvalue weighted by molar-refractivity contribution is -0.137. The number of pyridine rings is 1. The highest BCUT2D eigenvalue weighted by Crippen LogP contribution is 2.32. The number of aliphatic carboxylic acids is 1. The molecule has 1 fully saturated rings. The predicted octanol–water partition coefficient (Wildman–Crippen LogP) is 2.91. The maximum Gasteiger partial charge on any atom is 0.305 e. The second-order valence-corrected chi connectivity index (χ2v) is 6.58. The minimum atomic E-state index is -0.959. The normalized spacial score (nSPS) is 16.5. The van der Waals surface area contributed by atoms with Gasteiger partial charge in [0.05, 0.1) is 22.5 Å². The van der Waals surface area contributed by atoms with Crippen LogP contribution in [-0.4, -0.2) is 37.7 Å². The third-order valence-electron chi connectivity index (χ3n) is 3.32. The number of thioether (sulfide) groups is 1. The summed E-state index contributed by atoms with van der Waals surface area (Å²) in [7, 11) is 0. The Hall–Kier alpha value is -2.25. The van der Waals surface area contributed by atoms with Gasteiger partial charge in [0.25, 0.3) is 5.91 Å². The van der Waals surface area contributed by atoms with E-state index in [2.05, 4.69) is 4.98 Å². The first-order chi connectivity index (χ1) is 11.0. The van der Waals surface area contributed by atoms with Gasteiger partial charge in [0.2, 0.25) is 0 Å². The van der Waals surface area contributed by atoms with E-state index < -0.39 is 5.97 Å². The molecule has 0 saturated carbocycles. The molecule has 1 N–H and O–H groups in total. The fraction of sp³-hybridized carbons (Fsp3) is 0.125. The van der Waals surface area contributed by atoms with Crippen LogP contribution in [0.5, 0.6) is 0 Å². The molecule has 1 aromatic carbocycles. The third kappa shape index (κ3) is 3.40. The Morgan fingerprint density at radius 2 is 2.09 bits per heavy atom. The number of carbonyl (C=O) groups is 2. The number of carboxylic acids is 1. The van der Waals surface area contributed by atoms with Crippen molar-refractivity contribution in [1.29, 1.82) is 0 Å². The smallest absolute Gasteiger partial charge is 0.305 e. The number of carbonyl (C=O) groups excluding carboxylic acids is 1. The van der Waals surface area contributed by atoms with Gasteiger partial charge in [-0.3, -0.25) is 14.5 Å². The topological polar surface area (TPSA) is 70.5 Å². The number of carboxylic acid groups (broad SMARTS) is 1. The minimum Gasteiger partial charge on any atom is -0.481 e. The summed E-state index contributed by atoms with van der Waals surface area (Å²) in [6.45, 7) is 0.0858. The van der Waals surface area contributed by atoms with Crippen LogP contribution in [0.2, 0.25) is 0 Å². The number of aromatic nitrogens is 1. The number of thiocarbonyl (C=S) groups is 1. The fourth-order valence-electron chi connectivity index (χ4n) is 2.20. The molecule has 0 bridgehead atoms. The van der Waals surface area contributed by atoms with E-state index in [4.69, 9.17) is 17.3 Å². The molecule has 0 spiro atoms. The van der Waals surface area contributed by atoms with Crippen LogP contribution < -0.4 is 0 Å². The summed E-state index contributed by atoms with van der Waals surface area (Å²) in [4.78, 5) is 29.3. The van der Waals surface area contributed by atoms with E-state index in [0.29, 0.717) is 14.9 Å². The molecular formula is C16H12N2O3S2. The van der Waals surface area contributed by atoms with Crippen LogP contribution in [0.1, 0.15) is 12.1 Å². The number of fused-ring (bicyclic) bond motifs is 1. The average Bonchev–Trinajstić information content (AvgIpc) is 2.79.